The highest BCUT2D eigenvalue weighted by atomic mass is 32.1. The number of carbonyl (C=O) groups excluding carboxylic acids is 2. The lowest BCUT2D eigenvalue weighted by atomic mass is 9.99. The summed E-state index contributed by atoms with van der Waals surface area (Å²) in [5.74, 6) is -0.500. The maximum atomic E-state index is 14.4. The van der Waals surface area contributed by atoms with Gasteiger partial charge in [-0.2, -0.15) is 0 Å². The van der Waals surface area contributed by atoms with E-state index >= 15 is 0 Å². The second-order valence-corrected chi connectivity index (χ2v) is 13.0. The molecule has 10 heteroatoms. The van der Waals surface area contributed by atoms with E-state index in [1.165, 1.54) is 20.0 Å². The molecule has 0 bridgehead atoms. The number of aryl methyl sites for hydroxylation is 1. The molecule has 3 atom stereocenters. The van der Waals surface area contributed by atoms with Crippen molar-refractivity contribution in [3.63, 3.8) is 0 Å². The molecule has 0 aliphatic carbocycles. The van der Waals surface area contributed by atoms with Crippen LogP contribution in [-0.4, -0.2) is 57.0 Å². The van der Waals surface area contributed by atoms with Crippen LogP contribution in [0.25, 0.3) is 0 Å². The first-order chi connectivity index (χ1) is 21.6. The molecule has 1 aliphatic heterocycles. The Morgan fingerprint density at radius 3 is 2.60 bits per heavy atom. The minimum absolute atomic E-state index is 0.0618. The fourth-order valence-corrected chi connectivity index (χ4v) is 6.51. The number of pyridine rings is 1. The van der Waals surface area contributed by atoms with Gasteiger partial charge in [-0.25, -0.2) is 9.37 Å². The Kier molecular flexibility index (Phi) is 10.4. The Labute approximate surface area is 267 Å². The Bertz CT molecular complexity index is 1610. The van der Waals surface area contributed by atoms with Gasteiger partial charge in [-0.15, -0.1) is 11.3 Å². The largest absolute Gasteiger partial charge is 0.390 e. The van der Waals surface area contributed by atoms with Gasteiger partial charge < -0.3 is 20.6 Å². The Hall–Kier alpha value is -3.99. The first-order valence-corrected chi connectivity index (χ1v) is 16.2. The molecule has 2 amide bonds. The third-order valence-corrected chi connectivity index (χ3v) is 9.11. The molecular formula is C35H40FN5O3S. The van der Waals surface area contributed by atoms with E-state index in [2.05, 4.69) is 20.6 Å². The quantitative estimate of drug-likeness (QED) is 0.191. The van der Waals surface area contributed by atoms with Gasteiger partial charge >= 0.3 is 0 Å². The van der Waals surface area contributed by atoms with Crippen LogP contribution < -0.4 is 10.6 Å². The molecular weight excluding hydrogens is 589 g/mol. The second kappa shape index (κ2) is 14.4. The van der Waals surface area contributed by atoms with Gasteiger partial charge in [0, 0.05) is 59.8 Å². The van der Waals surface area contributed by atoms with Crippen LogP contribution >= 0.6 is 11.3 Å². The highest BCUT2D eigenvalue weighted by Gasteiger charge is 2.33. The molecule has 236 valence electrons. The predicted octanol–water partition coefficient (Wildman–Crippen LogP) is 5.52. The fraction of sp³-hybridized carbons (Fsp3) is 0.371. The van der Waals surface area contributed by atoms with Crippen LogP contribution in [0.2, 0.25) is 0 Å². The number of likely N-dealkylation sites (tertiary alicyclic amines) is 1. The van der Waals surface area contributed by atoms with Crippen molar-refractivity contribution in [1.29, 1.82) is 0 Å². The standard InChI is InChI=1S/C35H40FN5O3S/c1-23-22-45-33(39-23)30-13-8-14-41(30)34(44)27-12-7-11-26(17-27)32(43)40-29(16-24-9-5-4-6-10-24)31(42)21-38-19-25-15-28(20-37-18-25)35(2,3)36/h4-7,9-12,15,17-18,20,22,29-31,38,42H,8,13-14,16,19,21H2,1-3H3,(H,40,43)/t29-,30+,31-/m0/s1. The van der Waals surface area contributed by atoms with Crippen LogP contribution in [0.3, 0.4) is 0 Å². The Morgan fingerprint density at radius 2 is 1.87 bits per heavy atom. The monoisotopic (exact) mass is 629 g/mol. The summed E-state index contributed by atoms with van der Waals surface area (Å²) in [6.07, 6.45) is 4.41. The van der Waals surface area contributed by atoms with Crippen LogP contribution in [0.5, 0.6) is 0 Å². The summed E-state index contributed by atoms with van der Waals surface area (Å²) < 4.78 is 14.4. The highest BCUT2D eigenvalue weighted by Crippen LogP contribution is 2.35. The topological polar surface area (TPSA) is 107 Å². The highest BCUT2D eigenvalue weighted by molar-refractivity contribution is 7.09. The van der Waals surface area contributed by atoms with Gasteiger partial charge in [0.15, 0.2) is 0 Å². The van der Waals surface area contributed by atoms with Crippen molar-refractivity contribution in [2.24, 2.45) is 0 Å². The summed E-state index contributed by atoms with van der Waals surface area (Å²) in [5.41, 5.74) is 2.46. The summed E-state index contributed by atoms with van der Waals surface area (Å²) in [5, 5.41) is 20.4. The van der Waals surface area contributed by atoms with Gasteiger partial charge in [-0.05, 0) is 75.4 Å². The zero-order chi connectivity index (χ0) is 32.0. The van der Waals surface area contributed by atoms with Gasteiger partial charge in [-0.1, -0.05) is 36.4 Å². The van der Waals surface area contributed by atoms with Crippen molar-refractivity contribution in [1.82, 2.24) is 25.5 Å². The molecule has 0 radical (unpaired) electrons. The number of aliphatic hydroxyl groups excluding tert-OH is 1. The summed E-state index contributed by atoms with van der Waals surface area (Å²) in [6, 6.07) is 17.5. The number of halogens is 1. The molecule has 4 aromatic rings. The lowest BCUT2D eigenvalue weighted by molar-refractivity contribution is 0.0735. The van der Waals surface area contributed by atoms with Gasteiger partial charge in [0.25, 0.3) is 11.8 Å². The normalized spacial score (nSPS) is 16.4. The number of thiazole rings is 1. The smallest absolute Gasteiger partial charge is 0.254 e. The average molecular weight is 630 g/mol. The van der Waals surface area contributed by atoms with E-state index in [4.69, 9.17) is 0 Å². The number of aromatic nitrogens is 2. The molecule has 45 heavy (non-hydrogen) atoms. The van der Waals surface area contributed by atoms with E-state index < -0.39 is 17.8 Å². The van der Waals surface area contributed by atoms with E-state index in [9.17, 15) is 19.1 Å². The fourth-order valence-electron chi connectivity index (χ4n) is 5.57. The number of carbonyl (C=O) groups is 2. The Morgan fingerprint density at radius 1 is 1.09 bits per heavy atom. The van der Waals surface area contributed by atoms with Gasteiger partial charge in [0.2, 0.25) is 0 Å². The van der Waals surface area contributed by atoms with Crippen LogP contribution in [0.4, 0.5) is 4.39 Å². The molecule has 2 aromatic heterocycles. The van der Waals surface area contributed by atoms with Gasteiger partial charge in [0.05, 0.1) is 18.2 Å². The average Bonchev–Trinajstić information content (AvgIpc) is 3.70. The van der Waals surface area contributed by atoms with E-state index in [1.54, 1.807) is 47.9 Å². The summed E-state index contributed by atoms with van der Waals surface area (Å²) >= 11 is 1.57. The third kappa shape index (κ3) is 8.39. The van der Waals surface area contributed by atoms with E-state index in [0.717, 1.165) is 34.7 Å². The summed E-state index contributed by atoms with van der Waals surface area (Å²) in [6.45, 7) is 6.13. The van der Waals surface area contributed by atoms with Crippen molar-refractivity contribution >= 4 is 23.2 Å². The SMILES string of the molecule is Cc1csc([C@H]2CCCN2C(=O)c2cccc(C(=O)N[C@@H](Cc3ccccc3)[C@@H](O)CNCc3cncc(C(C)(C)F)c3)c2)n1. The van der Waals surface area contributed by atoms with Crippen LogP contribution in [0, 0.1) is 6.92 Å². The summed E-state index contributed by atoms with van der Waals surface area (Å²) in [4.78, 5) is 37.7. The number of amides is 2. The molecule has 0 unspecified atom stereocenters. The molecule has 1 aliphatic rings. The molecule has 2 aromatic carbocycles. The minimum atomic E-state index is -1.51. The lowest BCUT2D eigenvalue weighted by Crippen LogP contribution is -2.48. The van der Waals surface area contributed by atoms with Crippen LogP contribution in [-0.2, 0) is 18.6 Å². The number of nitrogens with zero attached hydrogens (tertiary/aromatic N) is 3. The molecule has 3 N–H and O–H groups in total. The minimum Gasteiger partial charge on any atom is -0.390 e. The van der Waals surface area contributed by atoms with Crippen molar-refractivity contribution in [3.05, 3.63) is 117 Å². The molecule has 0 saturated carbocycles. The predicted molar refractivity (Wildman–Crippen MR) is 174 cm³/mol. The van der Waals surface area contributed by atoms with Gasteiger partial charge in [-0.3, -0.25) is 14.6 Å². The molecule has 5 rings (SSSR count). The number of hydrogen-bond acceptors (Lipinski definition) is 7. The van der Waals surface area contributed by atoms with Crippen LogP contribution in [0.15, 0.2) is 78.4 Å². The number of alkyl halides is 1. The number of benzene rings is 2. The van der Waals surface area contributed by atoms with E-state index in [0.29, 0.717) is 36.2 Å². The maximum absolute atomic E-state index is 14.4. The van der Waals surface area contributed by atoms with Crippen LogP contribution in [0.1, 0.15) is 80.8 Å². The first-order valence-electron chi connectivity index (χ1n) is 15.3. The van der Waals surface area contributed by atoms with Gasteiger partial charge in [0.1, 0.15) is 10.7 Å². The van der Waals surface area contributed by atoms with E-state index in [-0.39, 0.29) is 24.4 Å². The molecule has 1 fully saturated rings. The molecule has 0 spiro atoms. The lowest BCUT2D eigenvalue weighted by Gasteiger charge is -2.25. The Balaban J connectivity index is 1.26. The van der Waals surface area contributed by atoms with Crippen molar-refractivity contribution in [3.8, 4) is 0 Å². The zero-order valence-corrected chi connectivity index (χ0v) is 26.7. The zero-order valence-electron chi connectivity index (χ0n) is 25.9. The maximum Gasteiger partial charge on any atom is 0.254 e. The van der Waals surface area contributed by atoms with Crippen molar-refractivity contribution in [2.75, 3.05) is 13.1 Å². The molecule has 1 saturated heterocycles. The summed E-state index contributed by atoms with van der Waals surface area (Å²) in [7, 11) is 0. The second-order valence-electron chi connectivity index (χ2n) is 12.1. The third-order valence-electron chi connectivity index (χ3n) is 8.05. The number of hydrogen-bond donors (Lipinski definition) is 3. The number of nitrogens with one attached hydrogen (secondary N) is 2. The number of rotatable bonds is 12. The first kappa shape index (κ1) is 32.4. The number of aliphatic hydroxyl groups is 1. The van der Waals surface area contributed by atoms with Crippen molar-refractivity contribution < 1.29 is 19.1 Å². The molecule has 8 nitrogen and oxygen atoms in total. The van der Waals surface area contributed by atoms with Crippen molar-refractivity contribution in [2.45, 2.75) is 70.4 Å². The van der Waals surface area contributed by atoms with E-state index in [1.807, 2.05) is 47.5 Å². The molecule has 3 heterocycles.